The molecule has 0 spiro atoms. The van der Waals surface area contributed by atoms with E-state index in [9.17, 15) is 8.42 Å². The molecule has 0 saturated heterocycles. The van der Waals surface area contributed by atoms with Crippen molar-refractivity contribution >= 4 is 50.6 Å². The first-order valence-electron chi connectivity index (χ1n) is 9.03. The summed E-state index contributed by atoms with van der Waals surface area (Å²) in [5.41, 5.74) is 1.96. The van der Waals surface area contributed by atoms with Crippen LogP contribution in [0, 0.1) is 0 Å². The lowest BCUT2D eigenvalue weighted by molar-refractivity contribution is 0.0379. The molecule has 1 heterocycles. The minimum Gasteiger partial charge on any atom is -0.382 e. The molecule has 1 atom stereocenters. The van der Waals surface area contributed by atoms with Crippen molar-refractivity contribution in [3.63, 3.8) is 0 Å². The highest BCUT2D eigenvalue weighted by atomic mass is 35.5. The van der Waals surface area contributed by atoms with Crippen LogP contribution in [-0.2, 0) is 28.0 Å². The molecule has 0 bridgehead atoms. The molecule has 168 valence electrons. The highest BCUT2D eigenvalue weighted by Gasteiger charge is 2.11. The quantitative estimate of drug-likeness (QED) is 0.416. The van der Waals surface area contributed by atoms with Crippen LogP contribution in [-0.4, -0.2) is 41.4 Å². The van der Waals surface area contributed by atoms with Crippen LogP contribution in [0.25, 0.3) is 0 Å². The number of nitrogens with zero attached hydrogens (tertiary/aromatic N) is 2. The van der Waals surface area contributed by atoms with Crippen LogP contribution in [0.15, 0.2) is 61.2 Å². The predicted octanol–water partition coefficient (Wildman–Crippen LogP) is 5.04. The monoisotopic (exact) mass is 505 g/mol. The topological polar surface area (TPSA) is 93.5 Å². The summed E-state index contributed by atoms with van der Waals surface area (Å²) in [7, 11) is -3.67. The molecule has 31 heavy (non-hydrogen) atoms. The fourth-order valence-electron chi connectivity index (χ4n) is 2.44. The normalized spacial score (nSPS) is 12.0. The van der Waals surface area contributed by atoms with Crippen molar-refractivity contribution in [1.29, 1.82) is 0 Å². The first-order chi connectivity index (χ1) is 14.6. The Morgan fingerprint density at radius 1 is 1.13 bits per heavy atom. The minimum absolute atomic E-state index is 0.0608. The molecule has 0 saturated carbocycles. The molecule has 0 aliphatic rings. The van der Waals surface area contributed by atoms with Crippen LogP contribution >= 0.6 is 34.8 Å². The number of imidazole rings is 1. The van der Waals surface area contributed by atoms with Crippen LogP contribution in [0.5, 0.6) is 0 Å². The Morgan fingerprint density at radius 2 is 1.81 bits per heavy atom. The number of aromatic nitrogens is 2. The van der Waals surface area contributed by atoms with E-state index in [0.29, 0.717) is 41.0 Å². The number of nitrogens with one attached hydrogen (secondary N) is 1. The lowest BCUT2D eigenvalue weighted by Gasteiger charge is -2.20. The fraction of sp³-hybridized carbons (Fsp3) is 0.250. The second-order valence-electron chi connectivity index (χ2n) is 6.56. The van der Waals surface area contributed by atoms with Gasteiger partial charge in [-0.25, -0.2) is 4.98 Å². The number of halogens is 3. The molecular formula is C20H22Cl3N3O4S. The predicted molar refractivity (Wildman–Crippen MR) is 125 cm³/mol. The molecule has 3 rings (SSSR count). The molecule has 1 unspecified atom stereocenters. The van der Waals surface area contributed by atoms with Crippen molar-refractivity contribution < 1.29 is 17.7 Å². The van der Waals surface area contributed by atoms with Crippen molar-refractivity contribution in [1.82, 2.24) is 9.55 Å². The number of hydrogen-bond donors (Lipinski definition) is 2. The van der Waals surface area contributed by atoms with Crippen LogP contribution in [0.3, 0.4) is 0 Å². The first kappa shape index (κ1) is 25.5. The molecule has 0 radical (unpaired) electrons. The van der Waals surface area contributed by atoms with Gasteiger partial charge in [-0.2, -0.15) is 8.42 Å². The summed E-state index contributed by atoms with van der Waals surface area (Å²) in [6, 6.07) is 13.1. The van der Waals surface area contributed by atoms with Gasteiger partial charge in [0.25, 0.3) is 10.1 Å². The Bertz CT molecular complexity index is 1040. The van der Waals surface area contributed by atoms with E-state index in [0.717, 1.165) is 11.3 Å². The molecule has 2 N–H and O–H groups in total. The smallest absolute Gasteiger partial charge is 0.261 e. The lowest BCUT2D eigenvalue weighted by atomic mass is 10.2. The van der Waals surface area contributed by atoms with E-state index >= 15 is 0 Å². The van der Waals surface area contributed by atoms with E-state index in [4.69, 9.17) is 44.1 Å². The summed E-state index contributed by atoms with van der Waals surface area (Å²) >= 11 is 18.0. The third-order valence-electron chi connectivity index (χ3n) is 3.83. The van der Waals surface area contributed by atoms with Gasteiger partial charge in [0.2, 0.25) is 0 Å². The molecule has 0 aliphatic carbocycles. The largest absolute Gasteiger partial charge is 0.382 e. The molecule has 7 nitrogen and oxygen atoms in total. The molecule has 0 amide bonds. The summed E-state index contributed by atoms with van der Waals surface area (Å²) in [6.45, 7) is 1.80. The second-order valence-corrected chi connectivity index (χ2v) is 9.28. The number of hydrogen-bond acceptors (Lipinski definition) is 5. The number of benzene rings is 2. The molecule has 3 aromatic rings. The van der Waals surface area contributed by atoms with Gasteiger partial charge in [0.05, 0.1) is 41.9 Å². The van der Waals surface area contributed by atoms with Crippen LogP contribution in [0.4, 0.5) is 5.69 Å². The van der Waals surface area contributed by atoms with Crippen molar-refractivity contribution in [2.24, 2.45) is 0 Å². The lowest BCUT2D eigenvalue weighted by Crippen LogP contribution is -2.28. The van der Waals surface area contributed by atoms with Gasteiger partial charge in [0.1, 0.15) is 0 Å². The third-order valence-corrected chi connectivity index (χ3v) is 4.82. The second kappa shape index (κ2) is 12.3. The first-order valence-corrected chi connectivity index (χ1v) is 12.0. The van der Waals surface area contributed by atoms with Crippen molar-refractivity contribution in [3.8, 4) is 0 Å². The number of rotatable bonds is 8. The van der Waals surface area contributed by atoms with Gasteiger partial charge in [-0.3, -0.25) is 4.55 Å². The maximum absolute atomic E-state index is 9.19. The Labute approximate surface area is 196 Å². The maximum Gasteiger partial charge on any atom is 0.261 e. The Balaban J connectivity index is 0.000000614. The number of ether oxygens (including phenoxy) is 1. The zero-order valence-electron chi connectivity index (χ0n) is 16.6. The molecule has 11 heteroatoms. The highest BCUT2D eigenvalue weighted by Crippen LogP contribution is 2.25. The van der Waals surface area contributed by atoms with E-state index in [-0.39, 0.29) is 6.10 Å². The standard InChI is InChI=1S/C19H18Cl3N3O.CH4O3S/c20-15-3-1-14(2-4-15)12-26-17(11-25-8-7-23-13-25)10-24-16-5-6-18(21)19(22)9-16;1-5(2,3)4/h1-9,13,17,24H,10-12H2;1H3,(H,2,3,4). The Hall–Kier alpha value is -1.81. The van der Waals surface area contributed by atoms with Gasteiger partial charge in [-0.15, -0.1) is 0 Å². The highest BCUT2D eigenvalue weighted by molar-refractivity contribution is 7.85. The molecule has 1 aromatic heterocycles. The van der Waals surface area contributed by atoms with Gasteiger partial charge in [-0.05, 0) is 35.9 Å². The average molecular weight is 507 g/mol. The van der Waals surface area contributed by atoms with Crippen LogP contribution in [0.1, 0.15) is 5.56 Å². The maximum atomic E-state index is 9.19. The molecule has 0 fully saturated rings. The molecule has 0 aliphatic heterocycles. The third kappa shape index (κ3) is 10.9. The number of anilines is 1. The summed E-state index contributed by atoms with van der Waals surface area (Å²) in [5.74, 6) is 0. The summed E-state index contributed by atoms with van der Waals surface area (Å²) in [6.07, 6.45) is 6.10. The van der Waals surface area contributed by atoms with Gasteiger partial charge in [-0.1, -0.05) is 46.9 Å². The summed E-state index contributed by atoms with van der Waals surface area (Å²) in [5, 5.41) is 5.11. The van der Waals surface area contributed by atoms with E-state index in [1.165, 1.54) is 0 Å². The van der Waals surface area contributed by atoms with E-state index in [1.807, 2.05) is 41.1 Å². The van der Waals surface area contributed by atoms with Gasteiger partial charge >= 0.3 is 0 Å². The van der Waals surface area contributed by atoms with Crippen LogP contribution < -0.4 is 5.32 Å². The molecular weight excluding hydrogens is 485 g/mol. The minimum atomic E-state index is -3.67. The fourth-order valence-corrected chi connectivity index (χ4v) is 2.86. The average Bonchev–Trinajstić information content (AvgIpc) is 3.19. The summed E-state index contributed by atoms with van der Waals surface area (Å²) < 4.78 is 34.0. The van der Waals surface area contributed by atoms with Gasteiger partial charge < -0.3 is 14.6 Å². The van der Waals surface area contributed by atoms with Gasteiger partial charge in [0.15, 0.2) is 0 Å². The SMILES string of the molecule is CS(=O)(=O)O.Clc1ccc(COC(CNc2ccc(Cl)c(Cl)c2)Cn2ccnc2)cc1. The van der Waals surface area contributed by atoms with Crippen LogP contribution in [0.2, 0.25) is 15.1 Å². The van der Waals surface area contributed by atoms with E-state index < -0.39 is 10.1 Å². The van der Waals surface area contributed by atoms with E-state index in [1.54, 1.807) is 24.7 Å². The van der Waals surface area contributed by atoms with Crippen molar-refractivity contribution in [3.05, 3.63) is 81.8 Å². The molecule has 2 aromatic carbocycles. The Morgan fingerprint density at radius 3 is 2.39 bits per heavy atom. The van der Waals surface area contributed by atoms with Gasteiger partial charge in [0, 0.05) is 29.6 Å². The Kier molecular flexibility index (Phi) is 10.1. The zero-order valence-corrected chi connectivity index (χ0v) is 19.7. The van der Waals surface area contributed by atoms with E-state index in [2.05, 4.69) is 10.3 Å². The van der Waals surface area contributed by atoms with Crippen molar-refractivity contribution in [2.45, 2.75) is 19.3 Å². The van der Waals surface area contributed by atoms with Crippen molar-refractivity contribution in [2.75, 3.05) is 18.1 Å². The summed E-state index contributed by atoms with van der Waals surface area (Å²) in [4.78, 5) is 4.08. The zero-order chi connectivity index (χ0) is 22.9.